The number of rotatable bonds is 8. The number of aromatic carboxylic acids is 1. The highest BCUT2D eigenvalue weighted by atomic mass is 19.1. The number of hydrogen-bond acceptors (Lipinski definition) is 5. The number of aromatic nitrogens is 1. The Balaban J connectivity index is 1.72. The average Bonchev–Trinajstić information content (AvgIpc) is 3.56. The van der Waals surface area contributed by atoms with Crippen LogP contribution in [0.5, 0.6) is 11.5 Å². The van der Waals surface area contributed by atoms with Crippen molar-refractivity contribution >= 4 is 18.0 Å². The van der Waals surface area contributed by atoms with E-state index in [2.05, 4.69) is 5.32 Å². The maximum atomic E-state index is 14.1. The molecule has 3 aromatic rings. The third-order valence-electron chi connectivity index (χ3n) is 7.28. The molecule has 1 saturated heterocycles. The number of ether oxygens (including phenoxy) is 2. The number of halogens is 2. The number of hydrogen-bond donors (Lipinski definition) is 2. The Labute approximate surface area is 249 Å². The predicted octanol–water partition coefficient (Wildman–Crippen LogP) is 7.02. The second-order valence-electron chi connectivity index (χ2n) is 12.2. The van der Waals surface area contributed by atoms with Gasteiger partial charge in [-0.25, -0.2) is 18.4 Å². The summed E-state index contributed by atoms with van der Waals surface area (Å²) in [5.74, 6) is -4.00. The lowest BCUT2D eigenvalue weighted by molar-refractivity contribution is 0.0148. The van der Waals surface area contributed by atoms with Crippen LogP contribution in [0.1, 0.15) is 81.3 Å². The van der Waals surface area contributed by atoms with Gasteiger partial charge in [0.15, 0.2) is 17.4 Å². The average molecular weight is 598 g/mol. The Hall–Kier alpha value is -4.41. The van der Waals surface area contributed by atoms with Gasteiger partial charge in [-0.15, -0.1) is 0 Å². The van der Waals surface area contributed by atoms with Crippen LogP contribution >= 0.6 is 0 Å². The van der Waals surface area contributed by atoms with Crippen LogP contribution in [-0.4, -0.2) is 56.8 Å². The molecule has 2 N–H and O–H groups in total. The molecule has 1 fully saturated rings. The van der Waals surface area contributed by atoms with Crippen LogP contribution in [0.25, 0.3) is 11.1 Å². The van der Waals surface area contributed by atoms with Crippen LogP contribution in [0, 0.1) is 11.6 Å². The van der Waals surface area contributed by atoms with Gasteiger partial charge >= 0.3 is 12.1 Å². The van der Waals surface area contributed by atoms with Crippen LogP contribution in [0.15, 0.2) is 48.7 Å². The van der Waals surface area contributed by atoms with Crippen LogP contribution in [0.2, 0.25) is 0 Å². The summed E-state index contributed by atoms with van der Waals surface area (Å²) in [5.41, 5.74) is -0.720. The molecule has 9 nitrogen and oxygen atoms in total. The van der Waals surface area contributed by atoms with E-state index in [4.69, 9.17) is 9.47 Å². The summed E-state index contributed by atoms with van der Waals surface area (Å²) in [6, 6.07) is 9.09. The number of amides is 2. The number of likely N-dealkylation sites (tertiary alicyclic amines) is 1. The highest BCUT2D eigenvalue weighted by molar-refractivity contribution is 6.09. The largest absolute Gasteiger partial charge is 0.477 e. The Bertz CT molecular complexity index is 1500. The first-order valence-electron chi connectivity index (χ1n) is 14.1. The molecule has 0 aliphatic carbocycles. The fourth-order valence-electron chi connectivity index (χ4n) is 4.79. The minimum atomic E-state index is -1.30. The van der Waals surface area contributed by atoms with Gasteiger partial charge in [0, 0.05) is 30.4 Å². The highest BCUT2D eigenvalue weighted by Gasteiger charge is 2.36. The van der Waals surface area contributed by atoms with E-state index in [-0.39, 0.29) is 23.6 Å². The molecule has 1 aromatic heterocycles. The summed E-state index contributed by atoms with van der Waals surface area (Å²) in [6.07, 6.45) is 2.21. The zero-order chi connectivity index (χ0) is 31.7. The summed E-state index contributed by atoms with van der Waals surface area (Å²) < 4.78 is 40.8. The molecule has 1 aliphatic heterocycles. The minimum Gasteiger partial charge on any atom is -0.477 e. The molecule has 4 rings (SSSR count). The number of carboxylic acid groups (broad SMARTS) is 1. The van der Waals surface area contributed by atoms with Crippen molar-refractivity contribution in [3.63, 3.8) is 0 Å². The lowest BCUT2D eigenvalue weighted by atomic mass is 10.0. The monoisotopic (exact) mass is 597 g/mol. The predicted molar refractivity (Wildman–Crippen MR) is 157 cm³/mol. The van der Waals surface area contributed by atoms with Gasteiger partial charge in [0.25, 0.3) is 5.91 Å². The van der Waals surface area contributed by atoms with Crippen molar-refractivity contribution in [2.75, 3.05) is 13.1 Å². The molecule has 1 atom stereocenters. The van der Waals surface area contributed by atoms with E-state index in [1.807, 2.05) is 20.8 Å². The molecule has 2 aromatic carbocycles. The third-order valence-corrected chi connectivity index (χ3v) is 7.28. The summed E-state index contributed by atoms with van der Waals surface area (Å²) >= 11 is 0. The number of carbonyl (C=O) groups is 3. The second kappa shape index (κ2) is 12.1. The van der Waals surface area contributed by atoms with Crippen molar-refractivity contribution in [3.05, 3.63) is 71.6 Å². The van der Waals surface area contributed by atoms with Crippen molar-refractivity contribution < 1.29 is 37.7 Å². The van der Waals surface area contributed by atoms with E-state index >= 15 is 0 Å². The normalized spacial score (nSPS) is 15.3. The summed E-state index contributed by atoms with van der Waals surface area (Å²) in [7, 11) is 0. The zero-order valence-electron chi connectivity index (χ0n) is 25.2. The lowest BCUT2D eigenvalue weighted by Crippen LogP contribution is -2.41. The van der Waals surface area contributed by atoms with Gasteiger partial charge < -0.3 is 29.4 Å². The molecule has 0 bridgehead atoms. The van der Waals surface area contributed by atoms with Gasteiger partial charge in [0.1, 0.15) is 17.0 Å². The summed E-state index contributed by atoms with van der Waals surface area (Å²) in [4.78, 5) is 40.6. The van der Waals surface area contributed by atoms with E-state index in [1.165, 1.54) is 27.7 Å². The van der Waals surface area contributed by atoms with Crippen molar-refractivity contribution in [2.45, 2.75) is 71.6 Å². The van der Waals surface area contributed by atoms with E-state index in [1.54, 1.807) is 39.1 Å². The maximum absolute atomic E-state index is 14.1. The van der Waals surface area contributed by atoms with Crippen molar-refractivity contribution in [1.29, 1.82) is 0 Å². The van der Waals surface area contributed by atoms with Gasteiger partial charge in [0.2, 0.25) is 0 Å². The van der Waals surface area contributed by atoms with Gasteiger partial charge in [-0.2, -0.15) is 0 Å². The first kappa shape index (κ1) is 31.5. The van der Waals surface area contributed by atoms with E-state index < -0.39 is 52.5 Å². The molecule has 0 saturated carbocycles. The van der Waals surface area contributed by atoms with E-state index in [9.17, 15) is 28.3 Å². The summed E-state index contributed by atoms with van der Waals surface area (Å²) in [6.45, 7) is 11.5. The Morgan fingerprint density at radius 2 is 1.65 bits per heavy atom. The SMILES string of the molecule is CCC(C)(C)OC(=O)N1CC[C@@H](n2cc(-c3ccc(Oc4c(F)cccc4F)cc3)c(C(=O)NC(C)(C)C)c2C(=O)O)C1. The molecule has 230 valence electrons. The second-order valence-corrected chi connectivity index (χ2v) is 12.2. The van der Waals surface area contributed by atoms with Gasteiger partial charge in [-0.05, 0) is 77.3 Å². The molecule has 0 spiro atoms. The van der Waals surface area contributed by atoms with Crippen molar-refractivity contribution in [1.82, 2.24) is 14.8 Å². The number of nitrogens with one attached hydrogen (secondary N) is 1. The number of carbonyl (C=O) groups excluding carboxylic acids is 2. The number of nitrogens with zero attached hydrogens (tertiary/aromatic N) is 2. The molecular weight excluding hydrogens is 560 g/mol. The summed E-state index contributed by atoms with van der Waals surface area (Å²) in [5, 5.41) is 13.2. The number of carboxylic acids is 1. The van der Waals surface area contributed by atoms with Crippen molar-refractivity contribution in [3.8, 4) is 22.6 Å². The van der Waals surface area contributed by atoms with Crippen molar-refractivity contribution in [2.24, 2.45) is 0 Å². The van der Waals surface area contributed by atoms with Gasteiger partial charge in [-0.1, -0.05) is 25.1 Å². The Kier molecular flexibility index (Phi) is 8.84. The molecule has 0 unspecified atom stereocenters. The van der Waals surface area contributed by atoms with Crippen LogP contribution in [0.3, 0.4) is 0 Å². The van der Waals surface area contributed by atoms with Gasteiger partial charge in [-0.3, -0.25) is 4.79 Å². The Morgan fingerprint density at radius 1 is 1.02 bits per heavy atom. The highest BCUT2D eigenvalue weighted by Crippen LogP contribution is 2.36. The fourth-order valence-corrected chi connectivity index (χ4v) is 4.79. The van der Waals surface area contributed by atoms with E-state index in [0.717, 1.165) is 12.1 Å². The molecule has 11 heteroatoms. The lowest BCUT2D eigenvalue weighted by Gasteiger charge is -2.27. The number of benzene rings is 2. The Morgan fingerprint density at radius 3 is 2.21 bits per heavy atom. The van der Waals surface area contributed by atoms with Crippen LogP contribution in [0.4, 0.5) is 13.6 Å². The molecule has 43 heavy (non-hydrogen) atoms. The van der Waals surface area contributed by atoms with Gasteiger partial charge in [0.05, 0.1) is 11.6 Å². The van der Waals surface area contributed by atoms with Crippen LogP contribution in [-0.2, 0) is 4.74 Å². The molecular formula is C32H37F2N3O6. The topological polar surface area (TPSA) is 110 Å². The third kappa shape index (κ3) is 7.15. The first-order chi connectivity index (χ1) is 20.1. The fraction of sp³-hybridized carbons (Fsp3) is 0.406. The molecule has 2 amide bonds. The zero-order valence-corrected chi connectivity index (χ0v) is 25.2. The maximum Gasteiger partial charge on any atom is 0.410 e. The standard InChI is InChI=1S/C32H37F2N3O6/c1-7-32(5,6)43-30(41)36-16-15-20(17-36)37-18-22(25(26(37)29(39)40)28(38)35-31(2,3)4)19-11-13-21(14-12-19)42-27-23(33)9-8-10-24(27)34/h8-14,18,20H,7,15-17H2,1-6H3,(H,35,38)(H,39,40)/t20-/m1/s1. The van der Waals surface area contributed by atoms with Crippen LogP contribution < -0.4 is 10.1 Å². The number of para-hydroxylation sites is 1. The molecule has 1 aliphatic rings. The smallest absolute Gasteiger partial charge is 0.410 e. The first-order valence-corrected chi connectivity index (χ1v) is 14.1. The molecule has 2 heterocycles. The minimum absolute atomic E-state index is 0.0376. The quantitative estimate of drug-likeness (QED) is 0.289. The van der Waals surface area contributed by atoms with E-state index in [0.29, 0.717) is 30.5 Å². The molecule has 0 radical (unpaired) electrons.